The molecule has 144 valence electrons. The van der Waals surface area contributed by atoms with E-state index in [9.17, 15) is 0 Å². The Morgan fingerprint density at radius 1 is 0.759 bits per heavy atom. The summed E-state index contributed by atoms with van der Waals surface area (Å²) in [6, 6.07) is 27.1. The molecule has 3 aromatic carbocycles. The second kappa shape index (κ2) is 7.76. The van der Waals surface area contributed by atoms with E-state index in [1.807, 2.05) is 35.0 Å². The minimum absolute atomic E-state index is 0.733. The number of rotatable bonds is 3. The first kappa shape index (κ1) is 18.0. The monoisotopic (exact) mass is 399 g/mol. The Morgan fingerprint density at radius 3 is 2.21 bits per heavy atom. The number of benzene rings is 3. The Morgan fingerprint density at radius 2 is 1.45 bits per heavy atom. The Hall–Kier alpha value is -3.04. The fourth-order valence-electron chi connectivity index (χ4n) is 3.95. The standard InChI is InChI=1S/C25H22ClN3/c26-21-13-15-22(16-14-21)29-25-23(8-4-5-17-27-25)24(28-29)20-11-9-19(10-12-20)18-6-2-1-3-7-18/h1-3,6-7,9-16,27H,4-5,8,17H2. The third-order valence-electron chi connectivity index (χ3n) is 5.47. The van der Waals surface area contributed by atoms with Crippen LogP contribution in [0.5, 0.6) is 0 Å². The second-order valence-electron chi connectivity index (χ2n) is 7.39. The predicted octanol–water partition coefficient (Wildman–Crippen LogP) is 6.61. The van der Waals surface area contributed by atoms with Crippen LogP contribution in [0.25, 0.3) is 28.1 Å². The van der Waals surface area contributed by atoms with Crippen molar-refractivity contribution < 1.29 is 0 Å². The molecule has 0 saturated heterocycles. The Labute approximate surface area is 176 Å². The fourth-order valence-corrected chi connectivity index (χ4v) is 4.08. The first-order valence-corrected chi connectivity index (χ1v) is 10.4. The van der Waals surface area contributed by atoms with Gasteiger partial charge in [0, 0.05) is 22.7 Å². The summed E-state index contributed by atoms with van der Waals surface area (Å²) in [5.41, 5.74) is 6.97. The predicted molar refractivity (Wildman–Crippen MR) is 121 cm³/mol. The quantitative estimate of drug-likeness (QED) is 0.420. The molecule has 29 heavy (non-hydrogen) atoms. The normalized spacial score (nSPS) is 13.4. The number of aromatic nitrogens is 2. The Kier molecular flexibility index (Phi) is 4.82. The van der Waals surface area contributed by atoms with Crippen molar-refractivity contribution in [2.75, 3.05) is 11.9 Å². The molecule has 4 heteroatoms. The van der Waals surface area contributed by atoms with Gasteiger partial charge in [-0.05, 0) is 54.7 Å². The number of halogens is 1. The van der Waals surface area contributed by atoms with Gasteiger partial charge in [-0.25, -0.2) is 4.68 Å². The summed E-state index contributed by atoms with van der Waals surface area (Å²) in [6.45, 7) is 0.971. The highest BCUT2D eigenvalue weighted by molar-refractivity contribution is 6.30. The molecule has 3 nitrogen and oxygen atoms in total. The highest BCUT2D eigenvalue weighted by atomic mass is 35.5. The van der Waals surface area contributed by atoms with Crippen molar-refractivity contribution in [2.24, 2.45) is 0 Å². The van der Waals surface area contributed by atoms with Gasteiger partial charge in [-0.3, -0.25) is 0 Å². The highest BCUT2D eigenvalue weighted by Crippen LogP contribution is 2.35. The van der Waals surface area contributed by atoms with Crippen LogP contribution in [0.4, 0.5) is 5.82 Å². The third-order valence-corrected chi connectivity index (χ3v) is 5.72. The molecule has 0 atom stereocenters. The lowest BCUT2D eigenvalue weighted by Crippen LogP contribution is -2.07. The number of nitrogens with one attached hydrogen (secondary N) is 1. The summed E-state index contributed by atoms with van der Waals surface area (Å²) in [6.07, 6.45) is 3.37. The molecule has 5 rings (SSSR count). The average Bonchev–Trinajstić information content (AvgIpc) is 2.96. The topological polar surface area (TPSA) is 29.9 Å². The van der Waals surface area contributed by atoms with Crippen LogP contribution in [0, 0.1) is 0 Å². The zero-order valence-corrected chi connectivity index (χ0v) is 16.9. The lowest BCUT2D eigenvalue weighted by atomic mass is 10.00. The maximum absolute atomic E-state index is 6.09. The largest absolute Gasteiger partial charge is 0.370 e. The molecular formula is C25H22ClN3. The summed E-state index contributed by atoms with van der Waals surface area (Å²) < 4.78 is 2.03. The second-order valence-corrected chi connectivity index (χ2v) is 7.83. The van der Waals surface area contributed by atoms with E-state index in [1.54, 1.807) is 0 Å². The van der Waals surface area contributed by atoms with Gasteiger partial charge in [0.1, 0.15) is 5.82 Å². The molecule has 1 aliphatic heterocycles. The Bertz CT molecular complexity index is 1110. The summed E-state index contributed by atoms with van der Waals surface area (Å²) in [4.78, 5) is 0. The molecule has 1 N–H and O–H groups in total. The summed E-state index contributed by atoms with van der Waals surface area (Å²) in [5, 5.41) is 9.35. The van der Waals surface area contributed by atoms with Gasteiger partial charge < -0.3 is 5.32 Å². The van der Waals surface area contributed by atoms with Gasteiger partial charge in [0.15, 0.2) is 0 Å². The zero-order valence-electron chi connectivity index (χ0n) is 16.1. The van der Waals surface area contributed by atoms with E-state index < -0.39 is 0 Å². The maximum Gasteiger partial charge on any atom is 0.133 e. The molecule has 0 fully saturated rings. The van der Waals surface area contributed by atoms with Crippen molar-refractivity contribution in [3.05, 3.63) is 89.4 Å². The molecule has 1 aromatic heterocycles. The van der Waals surface area contributed by atoms with Gasteiger partial charge in [0.25, 0.3) is 0 Å². The van der Waals surface area contributed by atoms with E-state index in [0.29, 0.717) is 0 Å². The van der Waals surface area contributed by atoms with Crippen LogP contribution in [0.1, 0.15) is 18.4 Å². The molecule has 0 bridgehead atoms. The molecular weight excluding hydrogens is 378 g/mol. The molecule has 0 saturated carbocycles. The van der Waals surface area contributed by atoms with Crippen molar-refractivity contribution in [1.82, 2.24) is 9.78 Å². The van der Waals surface area contributed by atoms with Gasteiger partial charge in [-0.1, -0.05) is 66.2 Å². The number of fused-ring (bicyclic) bond motifs is 1. The zero-order chi connectivity index (χ0) is 19.6. The van der Waals surface area contributed by atoms with E-state index in [0.717, 1.165) is 40.8 Å². The minimum atomic E-state index is 0.733. The summed E-state index contributed by atoms with van der Waals surface area (Å²) in [5.74, 6) is 1.10. The number of anilines is 1. The van der Waals surface area contributed by atoms with Crippen LogP contribution < -0.4 is 5.32 Å². The average molecular weight is 400 g/mol. The highest BCUT2D eigenvalue weighted by Gasteiger charge is 2.21. The molecule has 0 spiro atoms. The van der Waals surface area contributed by atoms with Crippen LogP contribution in [0.15, 0.2) is 78.9 Å². The summed E-state index contributed by atoms with van der Waals surface area (Å²) in [7, 11) is 0. The van der Waals surface area contributed by atoms with Crippen LogP contribution in [-0.2, 0) is 6.42 Å². The number of hydrogen-bond donors (Lipinski definition) is 1. The first-order chi connectivity index (χ1) is 14.3. The van der Waals surface area contributed by atoms with Gasteiger partial charge >= 0.3 is 0 Å². The van der Waals surface area contributed by atoms with Gasteiger partial charge in [0.2, 0.25) is 0 Å². The van der Waals surface area contributed by atoms with Crippen molar-refractivity contribution >= 4 is 17.4 Å². The third kappa shape index (κ3) is 3.54. The van der Waals surface area contributed by atoms with Crippen LogP contribution in [0.2, 0.25) is 5.02 Å². The lowest BCUT2D eigenvalue weighted by molar-refractivity contribution is 0.780. The van der Waals surface area contributed by atoms with Gasteiger partial charge in [-0.2, -0.15) is 5.10 Å². The maximum atomic E-state index is 6.09. The lowest BCUT2D eigenvalue weighted by Gasteiger charge is -2.09. The van der Waals surface area contributed by atoms with E-state index in [-0.39, 0.29) is 0 Å². The SMILES string of the molecule is Clc1ccc(-n2nc(-c3ccc(-c4ccccc4)cc3)c3c2NCCCC3)cc1. The van der Waals surface area contributed by atoms with Crippen LogP contribution in [0.3, 0.4) is 0 Å². The van der Waals surface area contributed by atoms with E-state index in [1.165, 1.54) is 29.5 Å². The van der Waals surface area contributed by atoms with Gasteiger partial charge in [-0.15, -0.1) is 0 Å². The number of nitrogens with zero attached hydrogens (tertiary/aromatic N) is 2. The molecule has 1 aliphatic rings. The van der Waals surface area contributed by atoms with E-state index in [2.05, 4.69) is 53.8 Å². The molecule has 0 unspecified atom stereocenters. The Balaban J connectivity index is 1.59. The van der Waals surface area contributed by atoms with Crippen molar-refractivity contribution in [2.45, 2.75) is 19.3 Å². The fraction of sp³-hybridized carbons (Fsp3) is 0.160. The molecule has 2 heterocycles. The van der Waals surface area contributed by atoms with Crippen molar-refractivity contribution in [3.8, 4) is 28.1 Å². The summed E-state index contributed by atoms with van der Waals surface area (Å²) >= 11 is 6.09. The van der Waals surface area contributed by atoms with E-state index in [4.69, 9.17) is 16.7 Å². The molecule has 0 amide bonds. The number of hydrogen-bond acceptors (Lipinski definition) is 2. The van der Waals surface area contributed by atoms with E-state index >= 15 is 0 Å². The smallest absolute Gasteiger partial charge is 0.133 e. The minimum Gasteiger partial charge on any atom is -0.370 e. The van der Waals surface area contributed by atoms with Crippen LogP contribution in [-0.4, -0.2) is 16.3 Å². The molecule has 0 radical (unpaired) electrons. The van der Waals surface area contributed by atoms with Gasteiger partial charge in [0.05, 0.1) is 11.4 Å². The molecule has 4 aromatic rings. The first-order valence-electron chi connectivity index (χ1n) is 10.1. The van der Waals surface area contributed by atoms with Crippen molar-refractivity contribution in [3.63, 3.8) is 0 Å². The molecule has 0 aliphatic carbocycles. The van der Waals surface area contributed by atoms with Crippen LogP contribution >= 0.6 is 11.6 Å². The van der Waals surface area contributed by atoms with Crippen molar-refractivity contribution in [1.29, 1.82) is 0 Å².